The Labute approximate surface area is 151 Å². The quantitative estimate of drug-likeness (QED) is 0.715. The van der Waals surface area contributed by atoms with Crippen molar-refractivity contribution in [3.8, 4) is 0 Å². The second-order valence-electron chi connectivity index (χ2n) is 5.70. The number of amides is 1. The van der Waals surface area contributed by atoms with Gasteiger partial charge in [-0.15, -0.1) is 0 Å². The first-order valence-electron chi connectivity index (χ1n) is 8.15. The molecule has 0 saturated carbocycles. The van der Waals surface area contributed by atoms with Gasteiger partial charge in [0.25, 0.3) is 5.91 Å². The largest absolute Gasteiger partial charge is 0.465 e. The van der Waals surface area contributed by atoms with Gasteiger partial charge in [0.05, 0.1) is 12.7 Å². The van der Waals surface area contributed by atoms with Gasteiger partial charge < -0.3 is 10.1 Å². The lowest BCUT2D eigenvalue weighted by Gasteiger charge is -2.11. The second-order valence-corrected chi connectivity index (χ2v) is 5.70. The van der Waals surface area contributed by atoms with Gasteiger partial charge in [-0.3, -0.25) is 9.78 Å². The number of nitrogens with zero attached hydrogens (tertiary/aromatic N) is 1. The summed E-state index contributed by atoms with van der Waals surface area (Å²) in [5.41, 5.74) is 3.44. The predicted molar refractivity (Wildman–Crippen MR) is 99.2 cm³/mol. The first kappa shape index (κ1) is 17.4. The average molecular weight is 346 g/mol. The number of nitrogens with one attached hydrogen (secondary N) is 1. The van der Waals surface area contributed by atoms with E-state index in [2.05, 4.69) is 15.0 Å². The molecule has 1 amide bonds. The minimum Gasteiger partial charge on any atom is -0.465 e. The smallest absolute Gasteiger partial charge is 0.339 e. The summed E-state index contributed by atoms with van der Waals surface area (Å²) < 4.78 is 4.63. The molecule has 0 saturated heterocycles. The number of rotatable bonds is 5. The Kier molecular flexibility index (Phi) is 5.39. The molecule has 0 aliphatic rings. The summed E-state index contributed by atoms with van der Waals surface area (Å²) in [6.45, 7) is 0. The fraction of sp³-hybridized carbons (Fsp3) is 0.0952. The lowest BCUT2D eigenvalue weighted by molar-refractivity contribution is 0.0600. The van der Waals surface area contributed by atoms with Crippen molar-refractivity contribution in [3.63, 3.8) is 0 Å². The standard InChI is InChI=1S/C21H18N2O3/c1-26-21(25)17-11-12-19(22-14-17)20(24)23-18-10-6-5-9-16(18)13-15-7-3-2-4-8-15/h2-12,14H,13H2,1H3,(H,23,24). The Hall–Kier alpha value is -3.47. The number of hydrogen-bond acceptors (Lipinski definition) is 4. The second kappa shape index (κ2) is 8.07. The highest BCUT2D eigenvalue weighted by atomic mass is 16.5. The Morgan fingerprint density at radius 1 is 0.962 bits per heavy atom. The number of methoxy groups -OCH3 is 1. The molecule has 0 aliphatic carbocycles. The van der Waals surface area contributed by atoms with E-state index < -0.39 is 5.97 Å². The Morgan fingerprint density at radius 2 is 1.69 bits per heavy atom. The lowest BCUT2D eigenvalue weighted by atomic mass is 10.0. The van der Waals surface area contributed by atoms with Crippen molar-refractivity contribution in [2.75, 3.05) is 12.4 Å². The third-order valence-corrected chi connectivity index (χ3v) is 3.92. The van der Waals surface area contributed by atoms with Crippen LogP contribution in [0.4, 0.5) is 5.69 Å². The number of anilines is 1. The van der Waals surface area contributed by atoms with E-state index in [0.29, 0.717) is 12.0 Å². The molecule has 0 fully saturated rings. The van der Waals surface area contributed by atoms with Crippen LogP contribution in [0, 0.1) is 0 Å². The van der Waals surface area contributed by atoms with E-state index in [9.17, 15) is 9.59 Å². The Morgan fingerprint density at radius 3 is 2.38 bits per heavy atom. The van der Waals surface area contributed by atoms with Crippen molar-refractivity contribution >= 4 is 17.6 Å². The fourth-order valence-electron chi connectivity index (χ4n) is 2.57. The van der Waals surface area contributed by atoms with E-state index in [-0.39, 0.29) is 11.6 Å². The molecule has 3 rings (SSSR count). The van der Waals surface area contributed by atoms with Crippen LogP contribution in [-0.2, 0) is 11.2 Å². The number of pyridine rings is 1. The van der Waals surface area contributed by atoms with Crippen molar-refractivity contribution in [3.05, 3.63) is 95.3 Å². The molecule has 0 bridgehead atoms. The van der Waals surface area contributed by atoms with Crippen LogP contribution >= 0.6 is 0 Å². The van der Waals surface area contributed by atoms with Gasteiger partial charge in [0.2, 0.25) is 0 Å². The maximum absolute atomic E-state index is 12.5. The number of benzene rings is 2. The summed E-state index contributed by atoms with van der Waals surface area (Å²) >= 11 is 0. The van der Waals surface area contributed by atoms with Crippen molar-refractivity contribution in [2.45, 2.75) is 6.42 Å². The molecule has 130 valence electrons. The minimum atomic E-state index is -0.488. The summed E-state index contributed by atoms with van der Waals surface area (Å²) in [5.74, 6) is -0.820. The van der Waals surface area contributed by atoms with Gasteiger partial charge in [-0.05, 0) is 35.7 Å². The average Bonchev–Trinajstić information content (AvgIpc) is 2.69. The molecule has 2 aromatic carbocycles. The highest BCUT2D eigenvalue weighted by Crippen LogP contribution is 2.19. The summed E-state index contributed by atoms with van der Waals surface area (Å²) in [4.78, 5) is 28.0. The molecule has 1 heterocycles. The van der Waals surface area contributed by atoms with Gasteiger partial charge in [0, 0.05) is 11.9 Å². The number of hydrogen-bond donors (Lipinski definition) is 1. The molecule has 3 aromatic rings. The van der Waals surface area contributed by atoms with Crippen LogP contribution in [0.25, 0.3) is 0 Å². The van der Waals surface area contributed by atoms with Gasteiger partial charge in [-0.1, -0.05) is 48.5 Å². The molecule has 0 spiro atoms. The topological polar surface area (TPSA) is 68.3 Å². The fourth-order valence-corrected chi connectivity index (χ4v) is 2.57. The van der Waals surface area contributed by atoms with Crippen LogP contribution in [0.15, 0.2) is 72.9 Å². The maximum Gasteiger partial charge on any atom is 0.339 e. The van der Waals surface area contributed by atoms with Gasteiger partial charge in [0.1, 0.15) is 5.69 Å². The molecule has 0 radical (unpaired) electrons. The van der Waals surface area contributed by atoms with E-state index in [1.807, 2.05) is 54.6 Å². The lowest BCUT2D eigenvalue weighted by Crippen LogP contribution is -2.15. The molecule has 1 N–H and O–H groups in total. The van der Waals surface area contributed by atoms with Crippen LogP contribution in [0.2, 0.25) is 0 Å². The van der Waals surface area contributed by atoms with E-state index >= 15 is 0 Å². The van der Waals surface area contributed by atoms with Crippen molar-refractivity contribution in [1.82, 2.24) is 4.98 Å². The first-order valence-corrected chi connectivity index (χ1v) is 8.15. The van der Waals surface area contributed by atoms with Crippen molar-refractivity contribution < 1.29 is 14.3 Å². The molecule has 1 aromatic heterocycles. The molecule has 0 unspecified atom stereocenters. The minimum absolute atomic E-state index is 0.229. The van der Waals surface area contributed by atoms with Crippen LogP contribution in [-0.4, -0.2) is 24.0 Å². The Bertz CT molecular complexity index is 906. The van der Waals surface area contributed by atoms with E-state index in [1.54, 1.807) is 0 Å². The third kappa shape index (κ3) is 4.13. The zero-order valence-electron chi connectivity index (χ0n) is 14.3. The van der Waals surface area contributed by atoms with Crippen molar-refractivity contribution in [2.24, 2.45) is 0 Å². The number of ether oxygens (including phenoxy) is 1. The number of carbonyl (C=O) groups excluding carboxylic acids is 2. The number of aromatic nitrogens is 1. The maximum atomic E-state index is 12.5. The Balaban J connectivity index is 1.76. The van der Waals surface area contributed by atoms with Gasteiger partial charge in [-0.25, -0.2) is 4.79 Å². The molecule has 26 heavy (non-hydrogen) atoms. The normalized spacial score (nSPS) is 10.2. The van der Waals surface area contributed by atoms with Crippen LogP contribution in [0.3, 0.4) is 0 Å². The summed E-state index contributed by atoms with van der Waals surface area (Å²) in [6, 6.07) is 20.7. The highest BCUT2D eigenvalue weighted by molar-refractivity contribution is 6.03. The highest BCUT2D eigenvalue weighted by Gasteiger charge is 2.12. The molecule has 5 nitrogen and oxygen atoms in total. The van der Waals surface area contributed by atoms with E-state index in [1.165, 1.54) is 25.4 Å². The van der Waals surface area contributed by atoms with E-state index in [4.69, 9.17) is 0 Å². The monoisotopic (exact) mass is 346 g/mol. The molecular weight excluding hydrogens is 328 g/mol. The van der Waals surface area contributed by atoms with Crippen LogP contribution < -0.4 is 5.32 Å². The molecule has 0 aliphatic heterocycles. The molecular formula is C21H18N2O3. The SMILES string of the molecule is COC(=O)c1ccc(C(=O)Nc2ccccc2Cc2ccccc2)nc1. The summed E-state index contributed by atoms with van der Waals surface area (Å²) in [7, 11) is 1.30. The van der Waals surface area contributed by atoms with Crippen LogP contribution in [0.5, 0.6) is 0 Å². The molecule has 5 heteroatoms. The number of para-hydroxylation sites is 1. The predicted octanol–water partition coefficient (Wildman–Crippen LogP) is 3.71. The number of esters is 1. The van der Waals surface area contributed by atoms with Gasteiger partial charge in [0.15, 0.2) is 0 Å². The zero-order chi connectivity index (χ0) is 18.4. The van der Waals surface area contributed by atoms with Gasteiger partial charge in [-0.2, -0.15) is 0 Å². The summed E-state index contributed by atoms with van der Waals surface area (Å²) in [5, 5.41) is 2.89. The van der Waals surface area contributed by atoms with Gasteiger partial charge >= 0.3 is 5.97 Å². The first-order chi connectivity index (χ1) is 12.7. The van der Waals surface area contributed by atoms with E-state index in [0.717, 1.165) is 16.8 Å². The number of carbonyl (C=O) groups is 2. The zero-order valence-corrected chi connectivity index (χ0v) is 14.3. The summed E-state index contributed by atoms with van der Waals surface area (Å²) in [6.07, 6.45) is 2.04. The molecule has 0 atom stereocenters. The third-order valence-electron chi connectivity index (χ3n) is 3.92. The van der Waals surface area contributed by atoms with Crippen molar-refractivity contribution in [1.29, 1.82) is 0 Å². The van der Waals surface area contributed by atoms with Crippen LogP contribution in [0.1, 0.15) is 32.0 Å².